The predicted octanol–water partition coefficient (Wildman–Crippen LogP) is 3.98. The minimum atomic E-state index is -1.46. The number of hydrogen-bond donors (Lipinski definition) is 1. The molecule has 0 aromatic heterocycles. The van der Waals surface area contributed by atoms with Crippen LogP contribution in [-0.2, 0) is 10.4 Å². The molecule has 2 aromatic carbocycles. The Morgan fingerprint density at radius 2 is 1.45 bits per heavy atom. The first-order chi connectivity index (χ1) is 9.56. The average Bonchev–Trinajstić information content (AvgIpc) is 2.45. The summed E-state index contributed by atoms with van der Waals surface area (Å²) in [7, 11) is 0. The molecule has 0 aliphatic carbocycles. The summed E-state index contributed by atoms with van der Waals surface area (Å²) in [5, 5.41) is 12.0. The van der Waals surface area contributed by atoms with Crippen LogP contribution in [0.4, 0.5) is 0 Å². The summed E-state index contributed by atoms with van der Waals surface area (Å²) in [4.78, 5) is 10.6. The fourth-order valence-corrected chi connectivity index (χ4v) is 2.37. The van der Waals surface area contributed by atoms with E-state index < -0.39 is 5.60 Å². The van der Waals surface area contributed by atoms with E-state index >= 15 is 0 Å². The minimum Gasteiger partial charge on any atom is -0.377 e. The van der Waals surface area contributed by atoms with Crippen LogP contribution in [0.3, 0.4) is 0 Å². The molecule has 0 fully saturated rings. The zero-order valence-electron chi connectivity index (χ0n) is 10.5. The molecule has 0 aliphatic rings. The third-order valence-electron chi connectivity index (χ3n) is 2.95. The van der Waals surface area contributed by atoms with E-state index in [0.717, 1.165) is 0 Å². The monoisotopic (exact) mass is 306 g/mol. The second-order valence-corrected chi connectivity index (χ2v) is 5.16. The molecule has 2 aromatic rings. The van der Waals surface area contributed by atoms with Gasteiger partial charge in [-0.15, -0.1) is 0 Å². The van der Waals surface area contributed by atoms with Gasteiger partial charge in [-0.3, -0.25) is 4.79 Å². The molecule has 0 bridgehead atoms. The molecule has 0 heterocycles. The van der Waals surface area contributed by atoms with E-state index in [1.165, 1.54) is 12.2 Å². The number of aliphatic hydroxyl groups is 1. The summed E-state index contributed by atoms with van der Waals surface area (Å²) in [5.74, 6) is 0. The number of aldehydes is 1. The molecule has 0 amide bonds. The van der Waals surface area contributed by atoms with E-state index in [1.54, 1.807) is 48.5 Å². The van der Waals surface area contributed by atoms with Gasteiger partial charge < -0.3 is 5.11 Å². The van der Waals surface area contributed by atoms with E-state index in [-0.39, 0.29) is 0 Å². The highest BCUT2D eigenvalue weighted by molar-refractivity contribution is 6.31. The summed E-state index contributed by atoms with van der Waals surface area (Å²) >= 11 is 11.9. The highest BCUT2D eigenvalue weighted by atomic mass is 35.5. The van der Waals surface area contributed by atoms with Gasteiger partial charge in [0.15, 0.2) is 0 Å². The van der Waals surface area contributed by atoms with Crippen molar-refractivity contribution < 1.29 is 9.90 Å². The Bertz CT molecular complexity index is 605. The number of allylic oxidation sites excluding steroid dienone is 1. The largest absolute Gasteiger partial charge is 0.377 e. The molecule has 102 valence electrons. The quantitative estimate of drug-likeness (QED) is 0.685. The van der Waals surface area contributed by atoms with Crippen LogP contribution < -0.4 is 0 Å². The standard InChI is InChI=1S/C16H12Cl2O2/c17-14-6-1-4-12(10-14)16(20,8-3-9-19)13-5-2-7-15(18)11-13/h1-11,20H/b8-3+. The van der Waals surface area contributed by atoms with E-state index in [1.807, 2.05) is 0 Å². The van der Waals surface area contributed by atoms with Crippen molar-refractivity contribution in [3.63, 3.8) is 0 Å². The Balaban J connectivity index is 2.62. The van der Waals surface area contributed by atoms with Gasteiger partial charge >= 0.3 is 0 Å². The van der Waals surface area contributed by atoms with Crippen LogP contribution in [0.15, 0.2) is 60.7 Å². The molecule has 0 unspecified atom stereocenters. The molecule has 0 saturated heterocycles. The van der Waals surface area contributed by atoms with Crippen LogP contribution in [0.2, 0.25) is 10.0 Å². The lowest BCUT2D eigenvalue weighted by molar-refractivity contribution is -0.104. The SMILES string of the molecule is O=C/C=C/C(O)(c1cccc(Cl)c1)c1cccc(Cl)c1. The van der Waals surface area contributed by atoms with Crippen LogP contribution >= 0.6 is 23.2 Å². The molecule has 4 heteroatoms. The van der Waals surface area contributed by atoms with Crippen molar-refractivity contribution in [1.29, 1.82) is 0 Å². The highest BCUT2D eigenvalue weighted by Crippen LogP contribution is 2.33. The van der Waals surface area contributed by atoms with E-state index in [4.69, 9.17) is 23.2 Å². The number of benzene rings is 2. The number of carbonyl (C=O) groups is 1. The van der Waals surface area contributed by atoms with E-state index in [9.17, 15) is 9.90 Å². The molecular weight excluding hydrogens is 295 g/mol. The summed E-state index contributed by atoms with van der Waals surface area (Å²) < 4.78 is 0. The molecule has 1 N–H and O–H groups in total. The van der Waals surface area contributed by atoms with Gasteiger partial charge in [-0.2, -0.15) is 0 Å². The maximum Gasteiger partial charge on any atom is 0.142 e. The maximum absolute atomic E-state index is 11.0. The van der Waals surface area contributed by atoms with Gasteiger partial charge in [0.1, 0.15) is 11.9 Å². The molecule has 2 rings (SSSR count). The van der Waals surface area contributed by atoms with Crippen molar-refractivity contribution in [1.82, 2.24) is 0 Å². The third-order valence-corrected chi connectivity index (χ3v) is 3.42. The molecule has 2 nitrogen and oxygen atoms in total. The molecule has 0 radical (unpaired) electrons. The Morgan fingerprint density at radius 1 is 0.950 bits per heavy atom. The van der Waals surface area contributed by atoms with Crippen LogP contribution in [-0.4, -0.2) is 11.4 Å². The van der Waals surface area contributed by atoms with Crippen molar-refractivity contribution in [2.45, 2.75) is 5.60 Å². The predicted molar refractivity (Wildman–Crippen MR) is 81.1 cm³/mol. The Morgan fingerprint density at radius 3 is 1.85 bits per heavy atom. The van der Waals surface area contributed by atoms with Gasteiger partial charge in [0.05, 0.1) is 0 Å². The second kappa shape index (κ2) is 6.23. The zero-order chi connectivity index (χ0) is 14.6. The molecule has 20 heavy (non-hydrogen) atoms. The lowest BCUT2D eigenvalue weighted by Crippen LogP contribution is -2.24. The first kappa shape index (κ1) is 14.8. The van der Waals surface area contributed by atoms with E-state index in [0.29, 0.717) is 27.5 Å². The normalized spacial score (nSPS) is 11.8. The van der Waals surface area contributed by atoms with Gasteiger partial charge in [0.25, 0.3) is 0 Å². The molecule has 0 aliphatic heterocycles. The summed E-state index contributed by atoms with van der Waals surface area (Å²) in [6, 6.07) is 13.7. The van der Waals surface area contributed by atoms with Gasteiger partial charge in [-0.05, 0) is 47.5 Å². The van der Waals surface area contributed by atoms with Crippen LogP contribution in [0, 0.1) is 0 Å². The minimum absolute atomic E-state index is 0.502. The van der Waals surface area contributed by atoms with Gasteiger partial charge in [-0.25, -0.2) is 0 Å². The van der Waals surface area contributed by atoms with Crippen LogP contribution in [0.1, 0.15) is 11.1 Å². The fraction of sp³-hybridized carbons (Fsp3) is 0.0625. The summed E-state index contributed by atoms with van der Waals surface area (Å²) in [5.41, 5.74) is -0.341. The Labute approximate surface area is 127 Å². The van der Waals surface area contributed by atoms with Crippen LogP contribution in [0.25, 0.3) is 0 Å². The molecule has 0 atom stereocenters. The second-order valence-electron chi connectivity index (χ2n) is 4.28. The molecule has 0 saturated carbocycles. The summed E-state index contributed by atoms with van der Waals surface area (Å²) in [6.07, 6.45) is 3.28. The average molecular weight is 307 g/mol. The van der Waals surface area contributed by atoms with E-state index in [2.05, 4.69) is 0 Å². The summed E-state index contributed by atoms with van der Waals surface area (Å²) in [6.45, 7) is 0. The fourth-order valence-electron chi connectivity index (χ4n) is 1.99. The Hall–Kier alpha value is -1.61. The molecule has 0 spiro atoms. The maximum atomic E-state index is 11.0. The van der Waals surface area contributed by atoms with Gasteiger partial charge in [0.2, 0.25) is 0 Å². The van der Waals surface area contributed by atoms with Crippen LogP contribution in [0.5, 0.6) is 0 Å². The topological polar surface area (TPSA) is 37.3 Å². The van der Waals surface area contributed by atoms with Crippen molar-refractivity contribution in [3.8, 4) is 0 Å². The number of carbonyl (C=O) groups excluding carboxylic acids is 1. The highest BCUT2D eigenvalue weighted by Gasteiger charge is 2.28. The number of hydrogen-bond acceptors (Lipinski definition) is 2. The number of rotatable bonds is 4. The smallest absolute Gasteiger partial charge is 0.142 e. The third kappa shape index (κ3) is 3.10. The first-order valence-electron chi connectivity index (χ1n) is 5.94. The van der Waals surface area contributed by atoms with Crippen molar-refractivity contribution in [2.24, 2.45) is 0 Å². The van der Waals surface area contributed by atoms with Crippen molar-refractivity contribution >= 4 is 29.5 Å². The first-order valence-corrected chi connectivity index (χ1v) is 6.69. The van der Waals surface area contributed by atoms with Gasteiger partial charge in [-0.1, -0.05) is 47.5 Å². The van der Waals surface area contributed by atoms with Gasteiger partial charge in [0, 0.05) is 10.0 Å². The lowest BCUT2D eigenvalue weighted by atomic mass is 9.86. The number of halogens is 2. The Kier molecular flexibility index (Phi) is 4.61. The van der Waals surface area contributed by atoms with Crippen molar-refractivity contribution in [2.75, 3.05) is 0 Å². The zero-order valence-corrected chi connectivity index (χ0v) is 12.0. The molecular formula is C16H12Cl2O2. The lowest BCUT2D eigenvalue weighted by Gasteiger charge is -2.26. The van der Waals surface area contributed by atoms with Crippen molar-refractivity contribution in [3.05, 3.63) is 81.9 Å².